The maximum Gasteiger partial charge on any atom is 0.360 e. The van der Waals surface area contributed by atoms with Crippen LogP contribution >= 0.6 is 0 Å². The van der Waals surface area contributed by atoms with Crippen LogP contribution in [0.2, 0.25) is 0 Å². The number of benzene rings is 2. The van der Waals surface area contributed by atoms with Crippen LogP contribution in [0.3, 0.4) is 0 Å². The lowest BCUT2D eigenvalue weighted by molar-refractivity contribution is 0.0454. The quantitative estimate of drug-likeness (QED) is 0.401. The van der Waals surface area contributed by atoms with Crippen molar-refractivity contribution in [2.45, 2.75) is 13.2 Å². The fraction of sp³-hybridized carbons (Fsp3) is 0.143. The molecule has 0 N–H and O–H groups in total. The second kappa shape index (κ2) is 7.48. The van der Waals surface area contributed by atoms with Crippen LogP contribution in [0.1, 0.15) is 21.9 Å². The molecular formula is C21H17N7O3. The van der Waals surface area contributed by atoms with Gasteiger partial charge in [0.25, 0.3) is 5.56 Å². The molecule has 154 valence electrons. The number of para-hydroxylation sites is 1. The zero-order valence-corrected chi connectivity index (χ0v) is 16.5. The number of hydrogen-bond donors (Lipinski definition) is 0. The summed E-state index contributed by atoms with van der Waals surface area (Å²) in [6.07, 6.45) is 1.54. The number of carbonyl (C=O) groups excluding carboxylic acids is 1. The Balaban J connectivity index is 1.38. The minimum Gasteiger partial charge on any atom is -0.453 e. The molecule has 10 heteroatoms. The lowest BCUT2D eigenvalue weighted by atomic mass is 10.2. The average Bonchev–Trinajstić information content (AvgIpc) is 3.44. The lowest BCUT2D eigenvalue weighted by Crippen LogP contribution is -2.20. The molecule has 0 atom stereocenters. The van der Waals surface area contributed by atoms with Crippen LogP contribution in [0.4, 0.5) is 0 Å². The van der Waals surface area contributed by atoms with Crippen molar-refractivity contribution in [2.75, 3.05) is 0 Å². The van der Waals surface area contributed by atoms with Gasteiger partial charge in [-0.1, -0.05) is 47.7 Å². The second-order valence-corrected chi connectivity index (χ2v) is 7.00. The van der Waals surface area contributed by atoms with Gasteiger partial charge in [-0.3, -0.25) is 13.8 Å². The molecule has 5 rings (SSSR count). The Hall–Kier alpha value is -4.34. The van der Waals surface area contributed by atoms with Gasteiger partial charge in [-0.25, -0.2) is 9.48 Å². The maximum atomic E-state index is 12.5. The van der Waals surface area contributed by atoms with Crippen LogP contribution in [0, 0.1) is 0 Å². The topological polar surface area (TPSA) is 109 Å². The van der Waals surface area contributed by atoms with E-state index in [9.17, 15) is 9.59 Å². The molecule has 10 nitrogen and oxygen atoms in total. The first-order chi connectivity index (χ1) is 15.1. The van der Waals surface area contributed by atoms with E-state index in [1.807, 2.05) is 36.4 Å². The molecule has 0 spiro atoms. The molecule has 3 aromatic heterocycles. The Bertz CT molecular complexity index is 1470. The Labute approximate surface area is 175 Å². The van der Waals surface area contributed by atoms with Gasteiger partial charge in [-0.15, -0.1) is 15.3 Å². The van der Waals surface area contributed by atoms with Crippen molar-refractivity contribution in [3.8, 4) is 0 Å². The molecule has 0 fully saturated rings. The Morgan fingerprint density at radius 3 is 2.61 bits per heavy atom. The minimum absolute atomic E-state index is 0.0991. The predicted molar refractivity (Wildman–Crippen MR) is 110 cm³/mol. The largest absolute Gasteiger partial charge is 0.453 e. The summed E-state index contributed by atoms with van der Waals surface area (Å²) >= 11 is 0. The highest BCUT2D eigenvalue weighted by molar-refractivity contribution is 5.86. The number of aromatic nitrogens is 7. The van der Waals surface area contributed by atoms with Gasteiger partial charge < -0.3 is 4.74 Å². The van der Waals surface area contributed by atoms with E-state index in [0.29, 0.717) is 29.0 Å². The monoisotopic (exact) mass is 415 g/mol. The van der Waals surface area contributed by atoms with E-state index in [2.05, 4.69) is 20.5 Å². The summed E-state index contributed by atoms with van der Waals surface area (Å²) in [5.74, 6) is 0.139. The summed E-state index contributed by atoms with van der Waals surface area (Å²) in [5.41, 5.74) is 1.61. The lowest BCUT2D eigenvalue weighted by Gasteiger charge is -2.07. The minimum atomic E-state index is -0.620. The number of rotatable bonds is 5. The summed E-state index contributed by atoms with van der Waals surface area (Å²) in [6, 6.07) is 16.9. The highest BCUT2D eigenvalue weighted by atomic mass is 16.5. The standard InChI is InChI=1S/C21H17N7O3/c1-26-19(29)15-9-5-6-10-17(15)28-18(23-24-21(26)28)13-31-20(30)16-12-27(25-22-16)11-14-7-3-2-4-8-14/h2-10,12H,11,13H2,1H3. The van der Waals surface area contributed by atoms with Gasteiger partial charge in [0.2, 0.25) is 5.78 Å². The Morgan fingerprint density at radius 1 is 1.00 bits per heavy atom. The zero-order chi connectivity index (χ0) is 21.4. The van der Waals surface area contributed by atoms with Crippen LogP contribution < -0.4 is 5.56 Å². The molecule has 0 aliphatic heterocycles. The maximum absolute atomic E-state index is 12.5. The first kappa shape index (κ1) is 18.7. The van der Waals surface area contributed by atoms with Crippen LogP contribution in [0.25, 0.3) is 16.7 Å². The summed E-state index contributed by atoms with van der Waals surface area (Å²) < 4.78 is 10.1. The molecular weight excluding hydrogens is 398 g/mol. The summed E-state index contributed by atoms with van der Waals surface area (Å²) in [7, 11) is 1.62. The van der Waals surface area contributed by atoms with Crippen molar-refractivity contribution < 1.29 is 9.53 Å². The van der Waals surface area contributed by atoms with Gasteiger partial charge in [-0.2, -0.15) is 0 Å². The van der Waals surface area contributed by atoms with Crippen molar-refractivity contribution in [1.82, 2.24) is 34.2 Å². The molecule has 0 amide bonds. The van der Waals surface area contributed by atoms with Gasteiger partial charge in [0.1, 0.15) is 0 Å². The van der Waals surface area contributed by atoms with E-state index >= 15 is 0 Å². The molecule has 2 aromatic carbocycles. The smallest absolute Gasteiger partial charge is 0.360 e. The molecule has 0 radical (unpaired) electrons. The third kappa shape index (κ3) is 3.33. The molecule has 0 aliphatic carbocycles. The number of hydrogen-bond acceptors (Lipinski definition) is 7. The van der Waals surface area contributed by atoms with Crippen LogP contribution in [0.15, 0.2) is 65.6 Å². The highest BCUT2D eigenvalue weighted by Crippen LogP contribution is 2.15. The molecule has 5 aromatic rings. The molecule has 0 saturated heterocycles. The fourth-order valence-corrected chi connectivity index (χ4v) is 3.43. The SMILES string of the molecule is Cn1c(=O)c2ccccc2n2c(COC(=O)c3cn(Cc4ccccc4)nn3)nnc12. The summed E-state index contributed by atoms with van der Waals surface area (Å²) in [6.45, 7) is 0.365. The van der Waals surface area contributed by atoms with Crippen LogP contribution in [0.5, 0.6) is 0 Å². The number of fused-ring (bicyclic) bond motifs is 3. The molecule has 31 heavy (non-hydrogen) atoms. The van der Waals surface area contributed by atoms with Gasteiger partial charge in [0.05, 0.1) is 23.6 Å². The van der Waals surface area contributed by atoms with Gasteiger partial charge >= 0.3 is 5.97 Å². The first-order valence-electron chi connectivity index (χ1n) is 9.55. The van der Waals surface area contributed by atoms with E-state index in [1.165, 1.54) is 10.8 Å². The van der Waals surface area contributed by atoms with Crippen molar-refractivity contribution in [3.63, 3.8) is 0 Å². The van der Waals surface area contributed by atoms with E-state index < -0.39 is 5.97 Å². The van der Waals surface area contributed by atoms with Crippen molar-refractivity contribution >= 4 is 22.6 Å². The average molecular weight is 415 g/mol. The fourth-order valence-electron chi connectivity index (χ4n) is 3.43. The van der Waals surface area contributed by atoms with Crippen molar-refractivity contribution in [1.29, 1.82) is 0 Å². The van der Waals surface area contributed by atoms with E-state index in [4.69, 9.17) is 4.74 Å². The Kier molecular flexibility index (Phi) is 4.51. The third-order valence-electron chi connectivity index (χ3n) is 4.96. The van der Waals surface area contributed by atoms with Gasteiger partial charge in [0.15, 0.2) is 18.1 Å². The number of nitrogens with zero attached hydrogens (tertiary/aromatic N) is 7. The van der Waals surface area contributed by atoms with E-state index in [1.54, 1.807) is 34.3 Å². The molecule has 0 unspecified atom stereocenters. The van der Waals surface area contributed by atoms with Crippen LogP contribution in [-0.4, -0.2) is 40.1 Å². The molecule has 3 heterocycles. The number of esters is 1. The number of ether oxygens (including phenoxy) is 1. The number of aryl methyl sites for hydroxylation is 1. The van der Waals surface area contributed by atoms with E-state index in [0.717, 1.165) is 5.56 Å². The van der Waals surface area contributed by atoms with E-state index in [-0.39, 0.29) is 17.9 Å². The summed E-state index contributed by atoms with van der Waals surface area (Å²) in [4.78, 5) is 25.0. The van der Waals surface area contributed by atoms with Crippen LogP contribution in [-0.2, 0) is 24.9 Å². The van der Waals surface area contributed by atoms with Gasteiger partial charge in [0, 0.05) is 7.05 Å². The second-order valence-electron chi connectivity index (χ2n) is 7.00. The van der Waals surface area contributed by atoms with Gasteiger partial charge in [-0.05, 0) is 17.7 Å². The number of carbonyl (C=O) groups is 1. The molecule has 0 bridgehead atoms. The summed E-state index contributed by atoms with van der Waals surface area (Å²) in [5, 5.41) is 16.6. The molecule has 0 saturated carbocycles. The first-order valence-corrected chi connectivity index (χ1v) is 9.55. The third-order valence-corrected chi connectivity index (χ3v) is 4.96. The molecule has 0 aliphatic rings. The van der Waals surface area contributed by atoms with Crippen molar-refractivity contribution in [2.24, 2.45) is 7.05 Å². The normalized spacial score (nSPS) is 11.3. The predicted octanol–water partition coefficient (Wildman–Crippen LogP) is 1.58. The zero-order valence-electron chi connectivity index (χ0n) is 16.5. The Morgan fingerprint density at radius 2 is 1.77 bits per heavy atom. The van der Waals surface area contributed by atoms with Crippen molar-refractivity contribution in [3.05, 3.63) is 88.2 Å². The highest BCUT2D eigenvalue weighted by Gasteiger charge is 2.18.